The Bertz CT molecular complexity index is 609. The van der Waals surface area contributed by atoms with E-state index in [0.717, 1.165) is 13.0 Å². The molecule has 0 saturated heterocycles. The van der Waals surface area contributed by atoms with E-state index in [1.165, 1.54) is 16.8 Å². The SMILES string of the molecule is CC1Cc2ccccc2N1Cc1ccc(N)c(Cl)c1. The molecule has 0 bridgehead atoms. The Labute approximate surface area is 118 Å². The van der Waals surface area contributed by atoms with Gasteiger partial charge in [-0.05, 0) is 42.7 Å². The normalized spacial score (nSPS) is 17.6. The van der Waals surface area contributed by atoms with Crippen molar-refractivity contribution < 1.29 is 0 Å². The summed E-state index contributed by atoms with van der Waals surface area (Å²) < 4.78 is 0. The summed E-state index contributed by atoms with van der Waals surface area (Å²) in [5, 5.41) is 0.637. The molecule has 0 fully saturated rings. The lowest BCUT2D eigenvalue weighted by Gasteiger charge is -2.25. The number of para-hydroxylation sites is 1. The minimum Gasteiger partial charge on any atom is -0.398 e. The number of hydrogen-bond acceptors (Lipinski definition) is 2. The third-order valence-electron chi connectivity index (χ3n) is 3.77. The zero-order valence-electron chi connectivity index (χ0n) is 10.9. The van der Waals surface area contributed by atoms with Crippen molar-refractivity contribution in [2.45, 2.75) is 25.9 Å². The van der Waals surface area contributed by atoms with Crippen LogP contribution in [0.15, 0.2) is 42.5 Å². The van der Waals surface area contributed by atoms with Gasteiger partial charge in [0.05, 0.1) is 10.7 Å². The molecule has 3 heteroatoms. The van der Waals surface area contributed by atoms with Crippen molar-refractivity contribution in [1.29, 1.82) is 0 Å². The Kier molecular flexibility index (Phi) is 3.11. The molecule has 0 saturated carbocycles. The fraction of sp³-hybridized carbons (Fsp3) is 0.250. The number of halogens is 1. The van der Waals surface area contributed by atoms with Gasteiger partial charge in [0.1, 0.15) is 0 Å². The molecule has 1 heterocycles. The average molecular weight is 273 g/mol. The Morgan fingerprint density at radius 2 is 2.05 bits per heavy atom. The summed E-state index contributed by atoms with van der Waals surface area (Å²) in [6.07, 6.45) is 1.11. The van der Waals surface area contributed by atoms with E-state index in [9.17, 15) is 0 Å². The van der Waals surface area contributed by atoms with E-state index in [2.05, 4.69) is 42.2 Å². The molecule has 2 nitrogen and oxygen atoms in total. The highest BCUT2D eigenvalue weighted by Gasteiger charge is 2.25. The van der Waals surface area contributed by atoms with E-state index >= 15 is 0 Å². The Balaban J connectivity index is 1.89. The molecule has 98 valence electrons. The van der Waals surface area contributed by atoms with Crippen LogP contribution in [0.1, 0.15) is 18.1 Å². The van der Waals surface area contributed by atoms with Crippen LogP contribution in [0, 0.1) is 0 Å². The first-order valence-electron chi connectivity index (χ1n) is 6.53. The molecule has 0 amide bonds. The highest BCUT2D eigenvalue weighted by atomic mass is 35.5. The van der Waals surface area contributed by atoms with E-state index in [-0.39, 0.29) is 0 Å². The van der Waals surface area contributed by atoms with Gasteiger partial charge in [-0.15, -0.1) is 0 Å². The van der Waals surface area contributed by atoms with Crippen LogP contribution in [0.4, 0.5) is 11.4 Å². The van der Waals surface area contributed by atoms with Gasteiger partial charge in [-0.1, -0.05) is 35.9 Å². The first-order valence-corrected chi connectivity index (χ1v) is 6.91. The molecule has 1 unspecified atom stereocenters. The number of anilines is 2. The number of nitrogen functional groups attached to an aromatic ring is 1. The largest absolute Gasteiger partial charge is 0.398 e. The van der Waals surface area contributed by atoms with Crippen molar-refractivity contribution in [3.8, 4) is 0 Å². The molecule has 1 aliphatic heterocycles. The fourth-order valence-corrected chi connectivity index (χ4v) is 2.94. The lowest BCUT2D eigenvalue weighted by Crippen LogP contribution is -2.28. The summed E-state index contributed by atoms with van der Waals surface area (Å²) in [6.45, 7) is 3.14. The molecule has 3 rings (SSSR count). The van der Waals surface area contributed by atoms with Crippen LogP contribution in [0.25, 0.3) is 0 Å². The van der Waals surface area contributed by atoms with Gasteiger partial charge in [-0.25, -0.2) is 0 Å². The number of rotatable bonds is 2. The topological polar surface area (TPSA) is 29.3 Å². The second-order valence-electron chi connectivity index (χ2n) is 5.17. The quantitative estimate of drug-likeness (QED) is 0.841. The molecular formula is C16H17ClN2. The van der Waals surface area contributed by atoms with E-state index < -0.39 is 0 Å². The Morgan fingerprint density at radius 3 is 2.84 bits per heavy atom. The molecule has 2 N–H and O–H groups in total. The third-order valence-corrected chi connectivity index (χ3v) is 4.09. The van der Waals surface area contributed by atoms with Crippen LogP contribution in [-0.2, 0) is 13.0 Å². The van der Waals surface area contributed by atoms with E-state index in [1.807, 2.05) is 12.1 Å². The molecule has 0 radical (unpaired) electrons. The predicted octanol–water partition coefficient (Wildman–Crippen LogP) is 3.87. The van der Waals surface area contributed by atoms with Crippen molar-refractivity contribution in [3.63, 3.8) is 0 Å². The second kappa shape index (κ2) is 4.78. The number of fused-ring (bicyclic) bond motifs is 1. The number of nitrogens with two attached hydrogens (primary N) is 1. The zero-order valence-corrected chi connectivity index (χ0v) is 11.7. The number of hydrogen-bond donors (Lipinski definition) is 1. The van der Waals surface area contributed by atoms with Crippen LogP contribution < -0.4 is 10.6 Å². The van der Waals surface area contributed by atoms with Gasteiger partial charge in [-0.2, -0.15) is 0 Å². The summed E-state index contributed by atoms with van der Waals surface area (Å²) in [5.74, 6) is 0. The van der Waals surface area contributed by atoms with Gasteiger partial charge in [0.2, 0.25) is 0 Å². The molecule has 0 aliphatic carbocycles. The van der Waals surface area contributed by atoms with Gasteiger partial charge in [0.25, 0.3) is 0 Å². The minimum absolute atomic E-state index is 0.522. The molecular weight excluding hydrogens is 256 g/mol. The first kappa shape index (κ1) is 12.4. The fourth-order valence-electron chi connectivity index (χ4n) is 2.74. The van der Waals surface area contributed by atoms with Crippen LogP contribution in [0.3, 0.4) is 0 Å². The van der Waals surface area contributed by atoms with Crippen LogP contribution >= 0.6 is 11.6 Å². The monoisotopic (exact) mass is 272 g/mol. The lowest BCUT2D eigenvalue weighted by molar-refractivity contribution is 0.672. The standard InChI is InChI=1S/C16H17ClN2/c1-11-8-13-4-2-3-5-16(13)19(11)10-12-6-7-15(18)14(17)9-12/h2-7,9,11H,8,10,18H2,1H3. The summed E-state index contributed by atoms with van der Waals surface area (Å²) in [7, 11) is 0. The maximum absolute atomic E-state index is 6.09. The lowest BCUT2D eigenvalue weighted by atomic mass is 10.1. The average Bonchev–Trinajstić information content (AvgIpc) is 2.71. The maximum Gasteiger partial charge on any atom is 0.0638 e. The molecule has 2 aromatic rings. The maximum atomic E-state index is 6.09. The van der Waals surface area contributed by atoms with Gasteiger partial charge < -0.3 is 10.6 Å². The number of nitrogens with zero attached hydrogens (tertiary/aromatic N) is 1. The zero-order chi connectivity index (χ0) is 13.4. The minimum atomic E-state index is 0.522. The predicted molar refractivity (Wildman–Crippen MR) is 81.7 cm³/mol. The van der Waals surface area contributed by atoms with Crippen molar-refractivity contribution in [3.05, 3.63) is 58.6 Å². The molecule has 19 heavy (non-hydrogen) atoms. The van der Waals surface area contributed by atoms with Gasteiger partial charge in [-0.3, -0.25) is 0 Å². The molecule has 1 aliphatic rings. The van der Waals surface area contributed by atoms with Crippen LogP contribution in [-0.4, -0.2) is 6.04 Å². The van der Waals surface area contributed by atoms with Crippen molar-refractivity contribution >= 4 is 23.0 Å². The van der Waals surface area contributed by atoms with Crippen molar-refractivity contribution in [2.75, 3.05) is 10.6 Å². The number of benzene rings is 2. The smallest absolute Gasteiger partial charge is 0.0638 e. The van der Waals surface area contributed by atoms with Gasteiger partial charge in [0, 0.05) is 18.3 Å². The Hall–Kier alpha value is -1.67. The molecule has 0 spiro atoms. The summed E-state index contributed by atoms with van der Waals surface area (Å²) in [5.41, 5.74) is 10.4. The van der Waals surface area contributed by atoms with E-state index in [0.29, 0.717) is 16.8 Å². The van der Waals surface area contributed by atoms with Crippen molar-refractivity contribution in [1.82, 2.24) is 0 Å². The summed E-state index contributed by atoms with van der Waals surface area (Å²) >= 11 is 6.09. The van der Waals surface area contributed by atoms with Crippen LogP contribution in [0.5, 0.6) is 0 Å². The summed E-state index contributed by atoms with van der Waals surface area (Å²) in [6, 6.07) is 15.0. The Morgan fingerprint density at radius 1 is 1.26 bits per heavy atom. The van der Waals surface area contributed by atoms with E-state index in [4.69, 9.17) is 17.3 Å². The molecule has 1 atom stereocenters. The third kappa shape index (κ3) is 2.28. The molecule has 2 aromatic carbocycles. The summed E-state index contributed by atoms with van der Waals surface area (Å²) in [4.78, 5) is 2.43. The van der Waals surface area contributed by atoms with Crippen molar-refractivity contribution in [2.24, 2.45) is 0 Å². The molecule has 0 aromatic heterocycles. The highest BCUT2D eigenvalue weighted by Crippen LogP contribution is 2.33. The first-order chi connectivity index (χ1) is 9.15. The van der Waals surface area contributed by atoms with Gasteiger partial charge in [0.15, 0.2) is 0 Å². The van der Waals surface area contributed by atoms with Gasteiger partial charge >= 0.3 is 0 Å². The highest BCUT2D eigenvalue weighted by molar-refractivity contribution is 6.33. The van der Waals surface area contributed by atoms with Crippen LogP contribution in [0.2, 0.25) is 5.02 Å². The van der Waals surface area contributed by atoms with E-state index in [1.54, 1.807) is 0 Å². The second-order valence-corrected chi connectivity index (χ2v) is 5.57.